The van der Waals surface area contributed by atoms with E-state index in [2.05, 4.69) is 0 Å². The van der Waals surface area contributed by atoms with Crippen LogP contribution >= 0.6 is 0 Å². The van der Waals surface area contributed by atoms with Gasteiger partial charge in [-0.3, -0.25) is 0 Å². The van der Waals surface area contributed by atoms with E-state index in [1.54, 1.807) is 13.0 Å². The summed E-state index contributed by atoms with van der Waals surface area (Å²) in [6, 6.07) is 5.33. The van der Waals surface area contributed by atoms with Gasteiger partial charge in [0.1, 0.15) is 0 Å². The summed E-state index contributed by atoms with van der Waals surface area (Å²) in [6.45, 7) is 3.42. The third kappa shape index (κ3) is 3.46. The molecule has 0 saturated carbocycles. The summed E-state index contributed by atoms with van der Waals surface area (Å²) < 4.78 is 44.5. The lowest BCUT2D eigenvalue weighted by molar-refractivity contribution is -0.137. The Morgan fingerprint density at radius 3 is 2.80 bits per heavy atom. The van der Waals surface area contributed by atoms with Crippen LogP contribution in [0.15, 0.2) is 18.2 Å². The van der Waals surface area contributed by atoms with E-state index in [1.807, 2.05) is 4.90 Å². The first-order chi connectivity index (χ1) is 11.7. The van der Waals surface area contributed by atoms with E-state index in [0.717, 1.165) is 18.9 Å². The van der Waals surface area contributed by atoms with Gasteiger partial charge in [-0.2, -0.15) is 18.4 Å². The first-order valence-corrected chi connectivity index (χ1v) is 8.42. The molecule has 2 heterocycles. The minimum absolute atomic E-state index is 0.0152. The van der Waals surface area contributed by atoms with Crippen LogP contribution in [0.3, 0.4) is 0 Å². The van der Waals surface area contributed by atoms with Gasteiger partial charge < -0.3 is 14.7 Å². The first-order valence-electron chi connectivity index (χ1n) is 8.42. The van der Waals surface area contributed by atoms with Crippen molar-refractivity contribution in [3.8, 4) is 6.07 Å². The summed E-state index contributed by atoms with van der Waals surface area (Å²) in [7, 11) is 0. The SMILES string of the molecule is CC1(O)CCOCC1C1CCCN1c1ccc(C(F)(F)F)c(C#N)c1. The van der Waals surface area contributed by atoms with E-state index in [0.29, 0.717) is 31.9 Å². The number of anilines is 1. The van der Waals surface area contributed by atoms with Crippen molar-refractivity contribution in [1.82, 2.24) is 0 Å². The van der Waals surface area contributed by atoms with Gasteiger partial charge in [-0.1, -0.05) is 0 Å². The van der Waals surface area contributed by atoms with E-state index in [9.17, 15) is 18.3 Å². The highest BCUT2D eigenvalue weighted by atomic mass is 19.4. The Bertz CT molecular complexity index is 682. The van der Waals surface area contributed by atoms with E-state index in [4.69, 9.17) is 10.00 Å². The van der Waals surface area contributed by atoms with E-state index < -0.39 is 17.3 Å². The summed E-state index contributed by atoms with van der Waals surface area (Å²) in [5.74, 6) is -0.114. The van der Waals surface area contributed by atoms with Crippen LogP contribution in [-0.2, 0) is 10.9 Å². The molecule has 0 aliphatic carbocycles. The zero-order valence-corrected chi connectivity index (χ0v) is 14.0. The van der Waals surface area contributed by atoms with Crippen LogP contribution < -0.4 is 4.90 Å². The molecule has 0 amide bonds. The van der Waals surface area contributed by atoms with E-state index in [-0.39, 0.29) is 17.5 Å². The van der Waals surface area contributed by atoms with Crippen molar-refractivity contribution in [2.75, 3.05) is 24.7 Å². The molecule has 4 nitrogen and oxygen atoms in total. The highest BCUT2D eigenvalue weighted by Gasteiger charge is 2.44. The number of halogens is 3. The van der Waals surface area contributed by atoms with Gasteiger partial charge in [-0.25, -0.2) is 0 Å². The topological polar surface area (TPSA) is 56.5 Å². The van der Waals surface area contributed by atoms with E-state index in [1.165, 1.54) is 12.1 Å². The molecule has 2 saturated heterocycles. The monoisotopic (exact) mass is 354 g/mol. The summed E-state index contributed by atoms with van der Waals surface area (Å²) in [6.07, 6.45) is -2.28. The molecular formula is C18H21F3N2O2. The van der Waals surface area contributed by atoms with Crippen molar-refractivity contribution < 1.29 is 23.0 Å². The maximum Gasteiger partial charge on any atom is 0.417 e. The number of hydrogen-bond donors (Lipinski definition) is 1. The number of alkyl halides is 3. The van der Waals surface area contributed by atoms with Crippen molar-refractivity contribution in [2.45, 2.75) is 44.0 Å². The lowest BCUT2D eigenvalue weighted by atomic mass is 9.79. The molecule has 1 aromatic carbocycles. The number of benzene rings is 1. The largest absolute Gasteiger partial charge is 0.417 e. The lowest BCUT2D eigenvalue weighted by Gasteiger charge is -2.43. The van der Waals surface area contributed by atoms with Crippen LogP contribution in [0, 0.1) is 17.2 Å². The number of hydrogen-bond acceptors (Lipinski definition) is 4. The highest BCUT2D eigenvalue weighted by Crippen LogP contribution is 2.40. The molecule has 1 aromatic rings. The third-order valence-electron chi connectivity index (χ3n) is 5.37. The molecule has 3 atom stereocenters. The molecule has 0 bridgehead atoms. The van der Waals surface area contributed by atoms with Gasteiger partial charge in [-0.15, -0.1) is 0 Å². The Balaban J connectivity index is 1.92. The number of ether oxygens (including phenoxy) is 1. The van der Waals surface area contributed by atoms with Crippen LogP contribution in [0.25, 0.3) is 0 Å². The Labute approximate surface area is 144 Å². The second kappa shape index (κ2) is 6.50. The summed E-state index contributed by atoms with van der Waals surface area (Å²) in [5, 5.41) is 19.8. The number of nitrogens with zero attached hydrogens (tertiary/aromatic N) is 2. The normalized spacial score (nSPS) is 30.3. The Morgan fingerprint density at radius 2 is 2.16 bits per heavy atom. The van der Waals surface area contributed by atoms with Crippen LogP contribution in [0.4, 0.5) is 18.9 Å². The van der Waals surface area contributed by atoms with Crippen molar-refractivity contribution in [3.63, 3.8) is 0 Å². The molecule has 1 N–H and O–H groups in total. The quantitative estimate of drug-likeness (QED) is 0.885. The zero-order valence-electron chi connectivity index (χ0n) is 14.0. The molecule has 2 fully saturated rings. The predicted octanol–water partition coefficient (Wildman–Crippen LogP) is 3.33. The van der Waals surface area contributed by atoms with Gasteiger partial charge in [0.15, 0.2) is 0 Å². The minimum atomic E-state index is -4.55. The fraction of sp³-hybridized carbons (Fsp3) is 0.611. The number of rotatable bonds is 2. The molecule has 0 aromatic heterocycles. The molecule has 7 heteroatoms. The maximum absolute atomic E-state index is 13.0. The molecule has 3 unspecified atom stereocenters. The molecule has 0 spiro atoms. The molecule has 0 radical (unpaired) electrons. The van der Waals surface area contributed by atoms with Crippen molar-refractivity contribution in [3.05, 3.63) is 29.3 Å². The minimum Gasteiger partial charge on any atom is -0.390 e. The van der Waals surface area contributed by atoms with E-state index >= 15 is 0 Å². The Hall–Kier alpha value is -1.78. The van der Waals surface area contributed by atoms with Gasteiger partial charge in [0.05, 0.1) is 29.4 Å². The Morgan fingerprint density at radius 1 is 1.40 bits per heavy atom. The summed E-state index contributed by atoms with van der Waals surface area (Å²) >= 11 is 0. The van der Waals surface area contributed by atoms with Crippen LogP contribution in [0.2, 0.25) is 0 Å². The zero-order chi connectivity index (χ0) is 18.2. The van der Waals surface area contributed by atoms with Gasteiger partial charge in [0.25, 0.3) is 0 Å². The lowest BCUT2D eigenvalue weighted by Crippen LogP contribution is -2.52. The molecule has 2 aliphatic heterocycles. The summed E-state index contributed by atoms with van der Waals surface area (Å²) in [5.41, 5.74) is -1.56. The highest BCUT2D eigenvalue weighted by molar-refractivity contribution is 5.56. The van der Waals surface area contributed by atoms with Crippen molar-refractivity contribution in [1.29, 1.82) is 5.26 Å². The maximum atomic E-state index is 13.0. The van der Waals surface area contributed by atoms with Crippen LogP contribution in [-0.4, -0.2) is 36.5 Å². The van der Waals surface area contributed by atoms with Crippen LogP contribution in [0.1, 0.15) is 37.3 Å². The molecule has 136 valence electrons. The number of aliphatic hydroxyl groups is 1. The third-order valence-corrected chi connectivity index (χ3v) is 5.37. The second-order valence-electron chi connectivity index (χ2n) is 7.03. The number of nitriles is 1. The van der Waals surface area contributed by atoms with Gasteiger partial charge in [0, 0.05) is 30.8 Å². The fourth-order valence-corrected chi connectivity index (χ4v) is 3.96. The second-order valence-corrected chi connectivity index (χ2v) is 7.03. The van der Waals surface area contributed by atoms with Gasteiger partial charge >= 0.3 is 6.18 Å². The fourth-order valence-electron chi connectivity index (χ4n) is 3.96. The molecular weight excluding hydrogens is 333 g/mol. The standard InChI is InChI=1S/C18H21F3N2O2/c1-17(24)6-8-25-11-15(17)16-3-2-7-23(16)13-4-5-14(18(19,20)21)12(9-13)10-22/h4-5,9,15-16,24H,2-3,6-8,11H2,1H3. The molecule has 25 heavy (non-hydrogen) atoms. The van der Waals surface area contributed by atoms with Crippen molar-refractivity contribution in [2.24, 2.45) is 5.92 Å². The van der Waals surface area contributed by atoms with Gasteiger partial charge in [-0.05, 0) is 44.4 Å². The first kappa shape index (κ1) is 18.0. The van der Waals surface area contributed by atoms with Crippen LogP contribution in [0.5, 0.6) is 0 Å². The average Bonchev–Trinajstić information content (AvgIpc) is 3.02. The predicted molar refractivity (Wildman–Crippen MR) is 86.1 cm³/mol. The average molecular weight is 354 g/mol. The Kier molecular flexibility index (Phi) is 4.69. The smallest absolute Gasteiger partial charge is 0.390 e. The van der Waals surface area contributed by atoms with Gasteiger partial charge in [0.2, 0.25) is 0 Å². The summed E-state index contributed by atoms with van der Waals surface area (Å²) in [4.78, 5) is 2.01. The van der Waals surface area contributed by atoms with Crippen molar-refractivity contribution >= 4 is 5.69 Å². The molecule has 3 rings (SSSR count). The molecule has 2 aliphatic rings.